The second-order valence-corrected chi connectivity index (χ2v) is 12.8. The van der Waals surface area contributed by atoms with Crippen LogP contribution in [0.4, 0.5) is 0 Å². The summed E-state index contributed by atoms with van der Waals surface area (Å²) in [7, 11) is 0. The summed E-state index contributed by atoms with van der Waals surface area (Å²) in [6.07, 6.45) is 15.7. The highest BCUT2D eigenvalue weighted by Crippen LogP contribution is 2.65. The second-order valence-electron chi connectivity index (χ2n) is 12.8. The van der Waals surface area contributed by atoms with E-state index >= 15 is 0 Å². The average Bonchev–Trinajstić information content (AvgIpc) is 3.19. The standard InChI is InChI=1S/C31H48O5/c1-4-5-6-7-8-9-10-11-26(33)28(34)29(35)36-27-15-14-24-23-13-12-21-20-22(32)16-18-30(21,2)25(23)17-19-31(24,27)3/h20,23-25,27-28,34H,4-19H2,1-3H3/t23-,24-,25-,27-,28?,30-,31-/m0/s1. The third kappa shape index (κ3) is 5.37. The van der Waals surface area contributed by atoms with Crippen LogP contribution >= 0.6 is 0 Å². The Bertz CT molecular complexity index is 861. The van der Waals surface area contributed by atoms with Crippen molar-refractivity contribution in [2.75, 3.05) is 0 Å². The molecule has 0 radical (unpaired) electrons. The molecule has 202 valence electrons. The molecule has 1 unspecified atom stereocenters. The van der Waals surface area contributed by atoms with Crippen LogP contribution in [-0.2, 0) is 19.1 Å². The van der Waals surface area contributed by atoms with Crippen molar-refractivity contribution in [2.45, 2.75) is 136 Å². The molecule has 4 rings (SSSR count). The summed E-state index contributed by atoms with van der Waals surface area (Å²) < 4.78 is 5.90. The minimum Gasteiger partial charge on any atom is -0.460 e. The van der Waals surface area contributed by atoms with Gasteiger partial charge in [-0.1, -0.05) is 64.9 Å². The number of ketones is 2. The monoisotopic (exact) mass is 500 g/mol. The van der Waals surface area contributed by atoms with Crippen molar-refractivity contribution in [1.29, 1.82) is 0 Å². The Morgan fingerprint density at radius 3 is 2.44 bits per heavy atom. The van der Waals surface area contributed by atoms with Gasteiger partial charge in [-0.25, -0.2) is 4.79 Å². The van der Waals surface area contributed by atoms with Gasteiger partial charge in [0.25, 0.3) is 0 Å². The van der Waals surface area contributed by atoms with E-state index in [1.165, 1.54) is 31.3 Å². The first-order chi connectivity index (χ1) is 17.2. The molecule has 4 aliphatic rings. The zero-order valence-corrected chi connectivity index (χ0v) is 22.9. The molecule has 0 spiro atoms. The summed E-state index contributed by atoms with van der Waals surface area (Å²) >= 11 is 0. The van der Waals surface area contributed by atoms with E-state index in [-0.39, 0.29) is 29.1 Å². The summed E-state index contributed by atoms with van der Waals surface area (Å²) in [6.45, 7) is 6.84. The van der Waals surface area contributed by atoms with Crippen LogP contribution in [0.1, 0.15) is 124 Å². The maximum Gasteiger partial charge on any atom is 0.343 e. The molecule has 5 nitrogen and oxygen atoms in total. The number of aliphatic hydroxyl groups is 1. The van der Waals surface area contributed by atoms with Crippen LogP contribution in [0.2, 0.25) is 0 Å². The first-order valence-electron chi connectivity index (χ1n) is 14.9. The number of esters is 1. The first kappa shape index (κ1) is 27.5. The molecule has 7 atom stereocenters. The summed E-state index contributed by atoms with van der Waals surface area (Å²) in [4.78, 5) is 37.3. The zero-order valence-electron chi connectivity index (χ0n) is 22.9. The fourth-order valence-corrected chi connectivity index (χ4v) is 8.43. The molecule has 36 heavy (non-hydrogen) atoms. The number of hydrogen-bond acceptors (Lipinski definition) is 5. The summed E-state index contributed by atoms with van der Waals surface area (Å²) in [5.74, 6) is 0.811. The van der Waals surface area contributed by atoms with Gasteiger partial charge in [-0.05, 0) is 80.6 Å². The van der Waals surface area contributed by atoms with Gasteiger partial charge in [0, 0.05) is 18.3 Å². The number of unbranched alkanes of at least 4 members (excludes halogenated alkanes) is 6. The molecule has 1 N–H and O–H groups in total. The van der Waals surface area contributed by atoms with Gasteiger partial charge in [0.2, 0.25) is 6.10 Å². The first-order valence-corrected chi connectivity index (χ1v) is 14.9. The van der Waals surface area contributed by atoms with Gasteiger partial charge in [0.15, 0.2) is 11.6 Å². The summed E-state index contributed by atoms with van der Waals surface area (Å²) in [5.41, 5.74) is 1.40. The van der Waals surface area contributed by atoms with E-state index in [0.29, 0.717) is 24.2 Å². The van der Waals surface area contributed by atoms with Crippen LogP contribution in [0.3, 0.4) is 0 Å². The molecule has 0 saturated heterocycles. The lowest BCUT2D eigenvalue weighted by atomic mass is 9.47. The molecule has 0 amide bonds. The largest absolute Gasteiger partial charge is 0.460 e. The van der Waals surface area contributed by atoms with Crippen LogP contribution in [0.15, 0.2) is 11.6 Å². The molecule has 0 bridgehead atoms. The van der Waals surface area contributed by atoms with Gasteiger partial charge in [0.1, 0.15) is 6.10 Å². The van der Waals surface area contributed by atoms with E-state index in [4.69, 9.17) is 4.74 Å². The SMILES string of the molecule is CCCCCCCCCC(=O)C(O)C(=O)O[C@H]1CC[C@H]2[C@@H]3CCC4=CC(=O)CC[C@]4(C)[C@H]3CC[C@]12C. The maximum absolute atomic E-state index is 12.8. The number of rotatable bonds is 11. The fourth-order valence-electron chi connectivity index (χ4n) is 8.43. The van der Waals surface area contributed by atoms with E-state index in [2.05, 4.69) is 20.8 Å². The van der Waals surface area contributed by atoms with Crippen molar-refractivity contribution >= 4 is 17.5 Å². The van der Waals surface area contributed by atoms with Crippen LogP contribution in [0, 0.1) is 28.6 Å². The van der Waals surface area contributed by atoms with E-state index in [9.17, 15) is 19.5 Å². The smallest absolute Gasteiger partial charge is 0.343 e. The summed E-state index contributed by atoms with van der Waals surface area (Å²) in [6, 6.07) is 0. The number of fused-ring (bicyclic) bond motifs is 5. The molecule has 3 saturated carbocycles. The lowest BCUT2D eigenvalue weighted by molar-refractivity contribution is -0.171. The second kappa shape index (κ2) is 11.5. The number of Topliss-reactive ketones (excluding diaryl/α,β-unsaturated/α-hetero) is 1. The lowest BCUT2D eigenvalue weighted by Crippen LogP contribution is -2.52. The van der Waals surface area contributed by atoms with Gasteiger partial charge in [-0.2, -0.15) is 0 Å². The Kier molecular flexibility index (Phi) is 8.79. The van der Waals surface area contributed by atoms with Crippen molar-refractivity contribution in [2.24, 2.45) is 28.6 Å². The number of allylic oxidation sites excluding steroid dienone is 1. The van der Waals surface area contributed by atoms with Gasteiger partial charge in [-0.15, -0.1) is 0 Å². The zero-order chi connectivity index (χ0) is 25.9. The number of hydrogen-bond donors (Lipinski definition) is 1. The van der Waals surface area contributed by atoms with E-state index in [1.807, 2.05) is 6.08 Å². The lowest BCUT2D eigenvalue weighted by Gasteiger charge is -2.57. The summed E-state index contributed by atoms with van der Waals surface area (Å²) in [5, 5.41) is 10.4. The molecule has 0 aromatic carbocycles. The van der Waals surface area contributed by atoms with E-state index in [1.54, 1.807) is 0 Å². The minimum absolute atomic E-state index is 0.0971. The number of carbonyl (C=O) groups is 3. The number of aliphatic hydroxyl groups excluding tert-OH is 1. The quantitative estimate of drug-likeness (QED) is 0.199. The Labute approximate surface area is 217 Å². The Hall–Kier alpha value is -1.49. The highest BCUT2D eigenvalue weighted by molar-refractivity contribution is 6.01. The third-order valence-electron chi connectivity index (χ3n) is 10.7. The fraction of sp³-hybridized carbons (Fsp3) is 0.839. The normalized spacial score (nSPS) is 36.3. The van der Waals surface area contributed by atoms with Crippen molar-refractivity contribution in [3.8, 4) is 0 Å². The van der Waals surface area contributed by atoms with E-state index in [0.717, 1.165) is 64.2 Å². The van der Waals surface area contributed by atoms with E-state index < -0.39 is 17.9 Å². The molecule has 4 aliphatic carbocycles. The van der Waals surface area contributed by atoms with Gasteiger partial charge >= 0.3 is 5.97 Å². The molecule has 0 aliphatic heterocycles. The topological polar surface area (TPSA) is 80.7 Å². The number of carbonyl (C=O) groups excluding carboxylic acids is 3. The van der Waals surface area contributed by atoms with Crippen molar-refractivity contribution in [1.82, 2.24) is 0 Å². The van der Waals surface area contributed by atoms with Gasteiger partial charge in [-0.3, -0.25) is 9.59 Å². The van der Waals surface area contributed by atoms with Crippen LogP contribution in [0.25, 0.3) is 0 Å². The predicted molar refractivity (Wildman–Crippen MR) is 140 cm³/mol. The Morgan fingerprint density at radius 2 is 1.69 bits per heavy atom. The number of ether oxygens (including phenoxy) is 1. The molecular formula is C31H48O5. The van der Waals surface area contributed by atoms with Gasteiger partial charge in [0.05, 0.1) is 0 Å². The molecule has 0 aromatic heterocycles. The minimum atomic E-state index is -1.65. The molecular weight excluding hydrogens is 452 g/mol. The van der Waals surface area contributed by atoms with Crippen LogP contribution < -0.4 is 0 Å². The van der Waals surface area contributed by atoms with Crippen molar-refractivity contribution < 1.29 is 24.2 Å². The molecule has 0 aromatic rings. The average molecular weight is 501 g/mol. The molecule has 3 fully saturated rings. The van der Waals surface area contributed by atoms with Crippen LogP contribution in [0.5, 0.6) is 0 Å². The maximum atomic E-state index is 12.8. The predicted octanol–water partition coefficient (Wildman–Crippen LogP) is 6.50. The molecule has 5 heteroatoms. The highest BCUT2D eigenvalue weighted by Gasteiger charge is 2.60. The van der Waals surface area contributed by atoms with Crippen molar-refractivity contribution in [3.63, 3.8) is 0 Å². The van der Waals surface area contributed by atoms with Crippen LogP contribution in [-0.4, -0.2) is 34.9 Å². The Balaban J connectivity index is 1.30. The van der Waals surface area contributed by atoms with Crippen molar-refractivity contribution in [3.05, 3.63) is 11.6 Å². The Morgan fingerprint density at radius 1 is 0.972 bits per heavy atom. The third-order valence-corrected chi connectivity index (χ3v) is 10.7. The molecule has 0 heterocycles. The van der Waals surface area contributed by atoms with Gasteiger partial charge < -0.3 is 9.84 Å². The highest BCUT2D eigenvalue weighted by atomic mass is 16.6.